The smallest absolute Gasteiger partial charge is 0.324 e. The van der Waals surface area contributed by atoms with Crippen LogP contribution in [0.5, 0.6) is 0 Å². The van der Waals surface area contributed by atoms with Crippen LogP contribution in [0.2, 0.25) is 0 Å². The Morgan fingerprint density at radius 2 is 2.13 bits per heavy atom. The second-order valence-corrected chi connectivity index (χ2v) is 7.71. The van der Waals surface area contributed by atoms with Crippen LogP contribution in [-0.4, -0.2) is 49.4 Å². The summed E-state index contributed by atoms with van der Waals surface area (Å²) in [7, 11) is 1.91. The number of rotatable bonds is 5. The minimum Gasteiger partial charge on any atom is -0.324 e. The lowest BCUT2D eigenvalue weighted by Crippen LogP contribution is -2.40. The van der Waals surface area contributed by atoms with E-state index in [0.717, 1.165) is 15.9 Å². The molecule has 0 spiro atoms. The van der Waals surface area contributed by atoms with Crippen molar-refractivity contribution in [1.82, 2.24) is 25.0 Å². The Balaban J connectivity index is 1.62. The molecule has 1 fully saturated rings. The van der Waals surface area contributed by atoms with E-state index in [1.165, 1.54) is 16.7 Å². The predicted octanol–water partition coefficient (Wildman–Crippen LogP) is 1.97. The van der Waals surface area contributed by atoms with Crippen molar-refractivity contribution in [3.63, 3.8) is 0 Å². The first-order valence-corrected chi connectivity index (χ1v) is 8.97. The average Bonchev–Trinajstić information content (AvgIpc) is 3.16. The zero-order valence-corrected chi connectivity index (χ0v) is 14.7. The number of nitrogens with one attached hydrogen (secondary N) is 1. The third-order valence-electron chi connectivity index (χ3n) is 3.57. The van der Waals surface area contributed by atoms with Crippen LogP contribution in [0.25, 0.3) is 10.7 Å². The number of thiophene rings is 1. The van der Waals surface area contributed by atoms with Crippen LogP contribution in [0, 0.1) is 0 Å². The highest BCUT2D eigenvalue weighted by Crippen LogP contribution is 2.26. The van der Waals surface area contributed by atoms with Crippen molar-refractivity contribution in [3.05, 3.63) is 17.5 Å². The van der Waals surface area contributed by atoms with Crippen molar-refractivity contribution in [2.75, 3.05) is 12.3 Å². The van der Waals surface area contributed by atoms with Gasteiger partial charge in [-0.3, -0.25) is 9.69 Å². The number of aromatic nitrogens is 3. The highest BCUT2D eigenvalue weighted by atomic mass is 32.2. The first kappa shape index (κ1) is 16.0. The lowest BCUT2D eigenvalue weighted by molar-refractivity contribution is -0.130. The monoisotopic (exact) mass is 351 g/mol. The van der Waals surface area contributed by atoms with Crippen LogP contribution in [0.4, 0.5) is 4.79 Å². The third kappa shape index (κ3) is 2.98. The summed E-state index contributed by atoms with van der Waals surface area (Å²) in [5.41, 5.74) is -0.821. The van der Waals surface area contributed by atoms with Gasteiger partial charge in [-0.1, -0.05) is 17.8 Å². The summed E-state index contributed by atoms with van der Waals surface area (Å²) in [5.74, 6) is 1.20. The van der Waals surface area contributed by atoms with Gasteiger partial charge < -0.3 is 9.88 Å². The van der Waals surface area contributed by atoms with Crippen LogP contribution >= 0.6 is 23.1 Å². The topological polar surface area (TPSA) is 80.1 Å². The molecule has 0 saturated carbocycles. The molecule has 2 aromatic rings. The molecule has 1 saturated heterocycles. The van der Waals surface area contributed by atoms with Crippen LogP contribution < -0.4 is 5.32 Å². The number of nitrogens with zero attached hydrogens (tertiary/aromatic N) is 4. The van der Waals surface area contributed by atoms with Crippen LogP contribution in [0.3, 0.4) is 0 Å². The maximum atomic E-state index is 12.1. The molecule has 0 radical (unpaired) electrons. The average molecular weight is 351 g/mol. The summed E-state index contributed by atoms with van der Waals surface area (Å²) in [4.78, 5) is 26.2. The van der Waals surface area contributed by atoms with Gasteiger partial charge in [-0.2, -0.15) is 0 Å². The van der Waals surface area contributed by atoms with Crippen molar-refractivity contribution in [3.8, 4) is 10.7 Å². The zero-order chi connectivity index (χ0) is 16.6. The van der Waals surface area contributed by atoms with E-state index in [1.807, 2.05) is 29.1 Å². The molecule has 1 aliphatic rings. The molecule has 3 rings (SSSR count). The zero-order valence-electron chi connectivity index (χ0n) is 13.1. The number of carbonyl (C=O) groups is 2. The number of thioether (sulfide) groups is 1. The fourth-order valence-corrected chi connectivity index (χ4v) is 3.89. The Morgan fingerprint density at radius 3 is 2.74 bits per heavy atom. The van der Waals surface area contributed by atoms with Gasteiger partial charge in [-0.25, -0.2) is 4.79 Å². The van der Waals surface area contributed by atoms with E-state index in [1.54, 1.807) is 25.2 Å². The lowest BCUT2D eigenvalue weighted by Gasteiger charge is -2.15. The van der Waals surface area contributed by atoms with E-state index in [-0.39, 0.29) is 11.9 Å². The normalized spacial score (nSPS) is 16.9. The molecular weight excluding hydrogens is 334 g/mol. The Labute approximate surface area is 142 Å². The van der Waals surface area contributed by atoms with Gasteiger partial charge in [0.05, 0.1) is 4.88 Å². The Kier molecular flexibility index (Phi) is 4.15. The number of urea groups is 1. The molecule has 122 valence electrons. The van der Waals surface area contributed by atoms with Gasteiger partial charge in [-0.05, 0) is 25.3 Å². The SMILES string of the molecule is Cn1c(SCCN2C(=O)NC(C)(C)C2=O)nnc1-c1cccs1. The second-order valence-electron chi connectivity index (χ2n) is 5.70. The van der Waals surface area contributed by atoms with Crippen LogP contribution in [-0.2, 0) is 11.8 Å². The summed E-state index contributed by atoms with van der Waals surface area (Å²) in [6.45, 7) is 3.76. The van der Waals surface area contributed by atoms with E-state index >= 15 is 0 Å². The molecule has 9 heteroatoms. The molecule has 7 nitrogen and oxygen atoms in total. The maximum Gasteiger partial charge on any atom is 0.325 e. The summed E-state index contributed by atoms with van der Waals surface area (Å²) in [6.07, 6.45) is 0. The Morgan fingerprint density at radius 1 is 1.35 bits per heavy atom. The second kappa shape index (κ2) is 5.97. The van der Waals surface area contributed by atoms with Gasteiger partial charge in [0.25, 0.3) is 5.91 Å². The van der Waals surface area contributed by atoms with E-state index in [9.17, 15) is 9.59 Å². The van der Waals surface area contributed by atoms with Gasteiger partial charge in [0, 0.05) is 19.3 Å². The summed E-state index contributed by atoms with van der Waals surface area (Å²) in [6, 6.07) is 3.64. The van der Waals surface area contributed by atoms with Crippen LogP contribution in [0.1, 0.15) is 13.8 Å². The minimum absolute atomic E-state index is 0.194. The first-order chi connectivity index (χ1) is 10.9. The molecule has 1 N–H and O–H groups in total. The van der Waals surface area contributed by atoms with Crippen molar-refractivity contribution in [2.45, 2.75) is 24.5 Å². The molecule has 2 aromatic heterocycles. The molecule has 0 aromatic carbocycles. The minimum atomic E-state index is -0.821. The lowest BCUT2D eigenvalue weighted by atomic mass is 10.1. The Bertz CT molecular complexity index is 738. The highest BCUT2D eigenvalue weighted by molar-refractivity contribution is 7.99. The molecular formula is C14H17N5O2S2. The predicted molar refractivity (Wildman–Crippen MR) is 89.4 cm³/mol. The largest absolute Gasteiger partial charge is 0.325 e. The molecule has 0 unspecified atom stereocenters. The molecule has 3 heterocycles. The van der Waals surface area contributed by atoms with E-state index < -0.39 is 5.54 Å². The van der Waals surface area contributed by atoms with E-state index in [4.69, 9.17) is 0 Å². The molecule has 3 amide bonds. The van der Waals surface area contributed by atoms with Gasteiger partial charge >= 0.3 is 6.03 Å². The van der Waals surface area contributed by atoms with Gasteiger partial charge in [0.2, 0.25) is 0 Å². The molecule has 0 bridgehead atoms. The standard InChI is InChI=1S/C14H17N5O2S2/c1-14(2)11(20)19(12(21)15-14)6-8-23-13-17-16-10(18(13)3)9-5-4-7-22-9/h4-5,7H,6,8H2,1-3H3,(H,15,21). The maximum absolute atomic E-state index is 12.1. The molecule has 1 aliphatic heterocycles. The first-order valence-electron chi connectivity index (χ1n) is 7.10. The third-order valence-corrected chi connectivity index (χ3v) is 5.43. The molecule has 0 aliphatic carbocycles. The van der Waals surface area contributed by atoms with Gasteiger partial charge in [0.1, 0.15) is 5.54 Å². The highest BCUT2D eigenvalue weighted by Gasteiger charge is 2.43. The van der Waals surface area contributed by atoms with Gasteiger partial charge in [0.15, 0.2) is 11.0 Å². The molecule has 0 atom stereocenters. The number of amides is 3. The van der Waals surface area contributed by atoms with Crippen molar-refractivity contribution in [1.29, 1.82) is 0 Å². The van der Waals surface area contributed by atoms with E-state index in [0.29, 0.717) is 12.3 Å². The molecule has 23 heavy (non-hydrogen) atoms. The Hall–Kier alpha value is -1.87. The van der Waals surface area contributed by atoms with E-state index in [2.05, 4.69) is 15.5 Å². The van der Waals surface area contributed by atoms with Crippen molar-refractivity contribution in [2.24, 2.45) is 7.05 Å². The quantitative estimate of drug-likeness (QED) is 0.658. The summed E-state index contributed by atoms with van der Waals surface area (Å²) >= 11 is 3.09. The number of carbonyl (C=O) groups excluding carboxylic acids is 2. The van der Waals surface area contributed by atoms with Gasteiger partial charge in [-0.15, -0.1) is 21.5 Å². The fourth-order valence-electron chi connectivity index (χ4n) is 2.31. The number of imide groups is 1. The fraction of sp³-hybridized carbons (Fsp3) is 0.429. The van der Waals surface area contributed by atoms with Crippen molar-refractivity contribution < 1.29 is 9.59 Å². The van der Waals surface area contributed by atoms with Crippen LogP contribution in [0.15, 0.2) is 22.7 Å². The number of hydrogen-bond acceptors (Lipinski definition) is 6. The van der Waals surface area contributed by atoms with Crippen molar-refractivity contribution >= 4 is 35.0 Å². The number of hydrogen-bond donors (Lipinski definition) is 1. The summed E-state index contributed by atoms with van der Waals surface area (Å²) in [5, 5.41) is 13.8. The summed E-state index contributed by atoms with van der Waals surface area (Å²) < 4.78 is 1.92.